The first-order valence-electron chi connectivity index (χ1n) is 11.8. The molecular weight excluding hydrogens is 555 g/mol. The molecule has 14 heteroatoms. The minimum absolute atomic E-state index is 0.0948. The third kappa shape index (κ3) is 9.31. The van der Waals surface area contributed by atoms with Gasteiger partial charge in [0.1, 0.15) is 11.9 Å². The first kappa shape index (κ1) is 29.5. The van der Waals surface area contributed by atoms with Gasteiger partial charge in [0.2, 0.25) is 0 Å². The van der Waals surface area contributed by atoms with Crippen molar-refractivity contribution in [2.24, 2.45) is 5.92 Å². The van der Waals surface area contributed by atoms with E-state index in [4.69, 9.17) is 26.2 Å². The van der Waals surface area contributed by atoms with Gasteiger partial charge in [-0.15, -0.1) is 11.3 Å². The number of aliphatic carboxylic acids is 1. The maximum atomic E-state index is 12.5. The Morgan fingerprint density at radius 1 is 1.19 bits per heavy atom. The SMILES string of the molecule is O=C(O)C(F)(F)F.O=S(=O)(Nc1nccs1)c1ccc(OC2CCN(CC3CCCCC3)CC2)c(Cl)c1. The number of sulfonamides is 1. The monoisotopic (exact) mass is 583 g/mol. The van der Waals surface area contributed by atoms with Gasteiger partial charge in [-0.25, -0.2) is 18.2 Å². The van der Waals surface area contributed by atoms with Crippen molar-refractivity contribution in [3.8, 4) is 5.75 Å². The number of hydrogen-bond acceptors (Lipinski definition) is 7. The zero-order chi connectivity index (χ0) is 27.1. The largest absolute Gasteiger partial charge is 0.490 e. The summed E-state index contributed by atoms with van der Waals surface area (Å²) in [6.07, 6.45) is 5.42. The Morgan fingerprint density at radius 2 is 1.84 bits per heavy atom. The fraction of sp³-hybridized carbons (Fsp3) is 0.565. The van der Waals surface area contributed by atoms with Crippen LogP contribution in [0.25, 0.3) is 0 Å². The van der Waals surface area contributed by atoms with Gasteiger partial charge in [0.15, 0.2) is 5.13 Å². The summed E-state index contributed by atoms with van der Waals surface area (Å²) in [5, 5.41) is 9.47. The van der Waals surface area contributed by atoms with Crippen molar-refractivity contribution in [1.82, 2.24) is 9.88 Å². The van der Waals surface area contributed by atoms with Crippen LogP contribution in [0.5, 0.6) is 5.75 Å². The number of benzene rings is 1. The summed E-state index contributed by atoms with van der Waals surface area (Å²) in [6, 6.07) is 4.60. The lowest BCUT2D eigenvalue weighted by molar-refractivity contribution is -0.192. The maximum absolute atomic E-state index is 12.5. The molecule has 0 spiro atoms. The molecule has 2 aliphatic rings. The second kappa shape index (κ2) is 13.1. The molecule has 0 atom stereocenters. The van der Waals surface area contributed by atoms with Crippen LogP contribution in [0.4, 0.5) is 18.3 Å². The molecule has 0 amide bonds. The Balaban J connectivity index is 0.000000479. The first-order valence-corrected chi connectivity index (χ1v) is 14.6. The number of carboxylic acids is 1. The van der Waals surface area contributed by atoms with Crippen LogP contribution >= 0.6 is 22.9 Å². The molecule has 0 unspecified atom stereocenters. The molecule has 37 heavy (non-hydrogen) atoms. The molecule has 206 valence electrons. The standard InChI is InChI=1S/C21H28ClN3O3S2.C2HF3O2/c22-19-14-18(30(26,27)24-21-23-10-13-29-21)6-7-20(19)28-17-8-11-25(12-9-17)15-16-4-2-1-3-5-16;3-2(4,5)1(6)7/h6-7,10,13-14,16-17H,1-5,8-9,11-12,15H2,(H,23,24);(H,6,7). The predicted octanol–water partition coefficient (Wildman–Crippen LogP) is 5.65. The highest BCUT2D eigenvalue weighted by Crippen LogP contribution is 2.31. The summed E-state index contributed by atoms with van der Waals surface area (Å²) in [4.78, 5) is 15.5. The van der Waals surface area contributed by atoms with Crippen LogP contribution in [0, 0.1) is 5.92 Å². The van der Waals surface area contributed by atoms with E-state index in [2.05, 4.69) is 14.6 Å². The van der Waals surface area contributed by atoms with Crippen LogP contribution < -0.4 is 9.46 Å². The van der Waals surface area contributed by atoms with Crippen molar-refractivity contribution in [2.75, 3.05) is 24.4 Å². The third-order valence-corrected chi connectivity index (χ3v) is 8.63. The quantitative estimate of drug-likeness (QED) is 0.433. The van der Waals surface area contributed by atoms with E-state index >= 15 is 0 Å². The summed E-state index contributed by atoms with van der Waals surface area (Å²) in [5.74, 6) is -1.36. The van der Waals surface area contributed by atoms with E-state index in [9.17, 15) is 21.6 Å². The van der Waals surface area contributed by atoms with Gasteiger partial charge in [0.25, 0.3) is 10.0 Å². The van der Waals surface area contributed by atoms with Gasteiger partial charge in [-0.2, -0.15) is 13.2 Å². The molecular formula is C23H29ClF3N3O5S2. The van der Waals surface area contributed by atoms with E-state index in [0.717, 1.165) is 31.8 Å². The number of nitrogens with one attached hydrogen (secondary N) is 1. The molecule has 8 nitrogen and oxygen atoms in total. The number of likely N-dealkylation sites (tertiary alicyclic amines) is 1. The molecule has 0 bridgehead atoms. The lowest BCUT2D eigenvalue weighted by Crippen LogP contribution is -2.41. The van der Waals surface area contributed by atoms with E-state index in [0.29, 0.717) is 15.9 Å². The second-order valence-electron chi connectivity index (χ2n) is 8.96. The van der Waals surface area contributed by atoms with Crippen LogP contribution in [0.3, 0.4) is 0 Å². The van der Waals surface area contributed by atoms with Crippen molar-refractivity contribution >= 4 is 44.1 Å². The molecule has 1 aliphatic carbocycles. The third-order valence-electron chi connectivity index (χ3n) is 6.18. The number of piperidine rings is 1. The summed E-state index contributed by atoms with van der Waals surface area (Å²) in [7, 11) is -3.73. The molecule has 1 saturated carbocycles. The molecule has 2 heterocycles. The Morgan fingerprint density at radius 3 is 2.38 bits per heavy atom. The van der Waals surface area contributed by atoms with Crippen LogP contribution in [0.2, 0.25) is 5.02 Å². The lowest BCUT2D eigenvalue weighted by Gasteiger charge is -2.35. The van der Waals surface area contributed by atoms with Gasteiger partial charge in [-0.05, 0) is 49.8 Å². The molecule has 1 aliphatic heterocycles. The molecule has 2 fully saturated rings. The fourth-order valence-electron chi connectivity index (χ4n) is 4.32. The van der Waals surface area contributed by atoms with Crippen LogP contribution in [-0.4, -0.2) is 61.3 Å². The number of thiazole rings is 1. The zero-order valence-corrected chi connectivity index (χ0v) is 22.3. The number of rotatable bonds is 7. The molecule has 0 radical (unpaired) electrons. The highest BCUT2D eigenvalue weighted by atomic mass is 35.5. The first-order chi connectivity index (χ1) is 17.4. The number of hydrogen-bond donors (Lipinski definition) is 2. The predicted molar refractivity (Wildman–Crippen MR) is 135 cm³/mol. The smallest absolute Gasteiger partial charge is 0.489 e. The number of carbonyl (C=O) groups is 1. The van der Waals surface area contributed by atoms with E-state index in [1.165, 1.54) is 62.1 Å². The van der Waals surface area contributed by atoms with Crippen molar-refractivity contribution in [2.45, 2.75) is 62.1 Å². The summed E-state index contributed by atoms with van der Waals surface area (Å²) >= 11 is 7.58. The Kier molecular flexibility index (Phi) is 10.4. The zero-order valence-electron chi connectivity index (χ0n) is 19.9. The van der Waals surface area contributed by atoms with Gasteiger partial charge in [-0.1, -0.05) is 30.9 Å². The number of ether oxygens (including phenoxy) is 1. The molecule has 1 saturated heterocycles. The minimum atomic E-state index is -5.08. The van der Waals surface area contributed by atoms with Crippen molar-refractivity contribution in [3.63, 3.8) is 0 Å². The highest BCUT2D eigenvalue weighted by Gasteiger charge is 2.38. The van der Waals surface area contributed by atoms with E-state index < -0.39 is 22.2 Å². The normalized spacial score (nSPS) is 18.1. The van der Waals surface area contributed by atoms with Crippen LogP contribution in [0.15, 0.2) is 34.7 Å². The summed E-state index contributed by atoms with van der Waals surface area (Å²) < 4.78 is 65.3. The van der Waals surface area contributed by atoms with Gasteiger partial charge in [-0.3, -0.25) is 4.72 Å². The molecule has 2 N–H and O–H groups in total. The van der Waals surface area contributed by atoms with Gasteiger partial charge in [0, 0.05) is 31.2 Å². The summed E-state index contributed by atoms with van der Waals surface area (Å²) in [5.41, 5.74) is 0. The van der Waals surface area contributed by atoms with E-state index in [1.54, 1.807) is 17.6 Å². The molecule has 2 aromatic rings. The molecule has 4 rings (SSSR count). The average Bonchev–Trinajstić information content (AvgIpc) is 3.34. The minimum Gasteiger partial charge on any atom is -0.489 e. The lowest BCUT2D eigenvalue weighted by atomic mass is 9.88. The van der Waals surface area contributed by atoms with E-state index in [-0.39, 0.29) is 11.0 Å². The number of carboxylic acid groups (broad SMARTS) is 1. The van der Waals surface area contributed by atoms with Crippen LogP contribution in [-0.2, 0) is 14.8 Å². The van der Waals surface area contributed by atoms with Gasteiger partial charge in [0.05, 0.1) is 9.92 Å². The average molecular weight is 584 g/mol. The van der Waals surface area contributed by atoms with Gasteiger partial charge >= 0.3 is 12.1 Å². The van der Waals surface area contributed by atoms with Crippen molar-refractivity contribution in [3.05, 3.63) is 34.8 Å². The van der Waals surface area contributed by atoms with Crippen molar-refractivity contribution < 1.29 is 36.2 Å². The maximum Gasteiger partial charge on any atom is 0.490 e. The Labute approximate surface area is 222 Å². The second-order valence-corrected chi connectivity index (χ2v) is 11.9. The molecule has 1 aromatic carbocycles. The number of anilines is 1. The highest BCUT2D eigenvalue weighted by molar-refractivity contribution is 7.93. The van der Waals surface area contributed by atoms with Crippen molar-refractivity contribution in [1.29, 1.82) is 0 Å². The Bertz CT molecular complexity index is 1120. The number of halogens is 4. The number of nitrogens with zero attached hydrogens (tertiary/aromatic N) is 2. The van der Waals surface area contributed by atoms with E-state index in [1.807, 2.05) is 0 Å². The van der Waals surface area contributed by atoms with Crippen LogP contribution in [0.1, 0.15) is 44.9 Å². The Hall–Kier alpha value is -2.09. The van der Waals surface area contributed by atoms with Gasteiger partial charge < -0.3 is 14.7 Å². The fourth-order valence-corrected chi connectivity index (χ4v) is 6.42. The molecule has 1 aromatic heterocycles. The topological polar surface area (TPSA) is 109 Å². The number of alkyl halides is 3. The number of aromatic nitrogens is 1. The summed E-state index contributed by atoms with van der Waals surface area (Å²) in [6.45, 7) is 3.30.